The van der Waals surface area contributed by atoms with Crippen molar-refractivity contribution >= 4 is 21.8 Å². The Bertz CT molecular complexity index is 4370. The fourth-order valence-electron chi connectivity index (χ4n) is 13.9. The molecule has 0 saturated carbocycles. The summed E-state index contributed by atoms with van der Waals surface area (Å²) >= 11 is 0. The van der Waals surface area contributed by atoms with Crippen molar-refractivity contribution in [3.8, 4) is 50.7 Å². The minimum absolute atomic E-state index is 0.280. The number of aromatic nitrogens is 4. The Hall–Kier alpha value is -9.77. The maximum Gasteiger partial charge on any atom is 0.238 e. The Morgan fingerprint density at radius 3 is 1.37 bits per heavy atom. The van der Waals surface area contributed by atoms with Crippen LogP contribution in [0.15, 0.2) is 273 Å². The highest BCUT2D eigenvalue weighted by atomic mass is 15.2. The second-order valence-electron chi connectivity index (χ2n) is 20.5. The van der Waals surface area contributed by atoms with Crippen molar-refractivity contribution in [3.63, 3.8) is 0 Å². The second-order valence-corrected chi connectivity index (χ2v) is 20.5. The standard InChI is InChI=1S/C72H46N4/c1-6-24-46(25-7-1)68-73-69(67-55-38-17-16-34-51(55)56-43-63-57(42-60(56)67)52-35-18-21-39-61(52)71(63,47-26-8-2-9-27-47)48-28-10-3-11-29-48)75-70(74-68)76-65-41-23-20-37-54(65)59-44-64-58(45-66(59)76)53-36-19-22-40-62(53)72(64,49-30-12-4-13-31-49)50-32-14-5-15-33-50/h1-45,67H. The van der Waals surface area contributed by atoms with E-state index >= 15 is 0 Å². The first-order valence-corrected chi connectivity index (χ1v) is 26.3. The summed E-state index contributed by atoms with van der Waals surface area (Å²) in [4.78, 5) is 16.8. The van der Waals surface area contributed by atoms with Crippen LogP contribution in [0.3, 0.4) is 0 Å². The lowest BCUT2D eigenvalue weighted by atomic mass is 9.67. The fourth-order valence-corrected chi connectivity index (χ4v) is 13.9. The molecule has 76 heavy (non-hydrogen) atoms. The van der Waals surface area contributed by atoms with Crippen LogP contribution >= 0.6 is 0 Å². The Kier molecular flexibility index (Phi) is 9.20. The monoisotopic (exact) mass is 966 g/mol. The van der Waals surface area contributed by atoms with Gasteiger partial charge in [-0.05, 0) is 119 Å². The predicted molar refractivity (Wildman–Crippen MR) is 307 cm³/mol. The van der Waals surface area contributed by atoms with E-state index in [9.17, 15) is 0 Å². The average Bonchev–Trinajstić information content (AvgIpc) is 4.39. The molecule has 2 aromatic heterocycles. The molecule has 0 saturated heterocycles. The molecule has 3 aliphatic rings. The van der Waals surface area contributed by atoms with E-state index in [0.29, 0.717) is 17.6 Å². The zero-order valence-electron chi connectivity index (χ0n) is 41.3. The summed E-state index contributed by atoms with van der Waals surface area (Å²) in [6.07, 6.45) is 0. The molecule has 0 amide bonds. The first kappa shape index (κ1) is 42.7. The molecule has 0 radical (unpaired) electrons. The van der Waals surface area contributed by atoms with Gasteiger partial charge >= 0.3 is 0 Å². The molecule has 16 rings (SSSR count). The van der Waals surface area contributed by atoms with Crippen LogP contribution < -0.4 is 0 Å². The van der Waals surface area contributed by atoms with Gasteiger partial charge in [0.2, 0.25) is 5.95 Å². The Labute approximate surface area is 441 Å². The first-order valence-electron chi connectivity index (χ1n) is 26.3. The Balaban J connectivity index is 0.961. The minimum Gasteiger partial charge on any atom is -0.278 e. The number of benzene rings is 11. The molecule has 0 aliphatic heterocycles. The summed E-state index contributed by atoms with van der Waals surface area (Å²) in [6, 6.07) is 100. The summed E-state index contributed by atoms with van der Waals surface area (Å²) in [6.45, 7) is 0. The van der Waals surface area contributed by atoms with Crippen LogP contribution in [-0.2, 0) is 10.8 Å². The van der Waals surface area contributed by atoms with E-state index in [1.807, 2.05) is 0 Å². The highest BCUT2D eigenvalue weighted by molar-refractivity contribution is 6.11. The van der Waals surface area contributed by atoms with Crippen LogP contribution in [0.25, 0.3) is 72.5 Å². The van der Waals surface area contributed by atoms with Gasteiger partial charge in [0.25, 0.3) is 0 Å². The van der Waals surface area contributed by atoms with Crippen LogP contribution in [0.1, 0.15) is 67.4 Å². The molecular weight excluding hydrogens is 921 g/mol. The molecule has 4 nitrogen and oxygen atoms in total. The third-order valence-electron chi connectivity index (χ3n) is 16.9. The molecule has 11 aromatic carbocycles. The lowest BCUT2D eigenvalue weighted by Gasteiger charge is -2.34. The fraction of sp³-hybridized carbons (Fsp3) is 0.0417. The largest absolute Gasteiger partial charge is 0.278 e. The zero-order chi connectivity index (χ0) is 50.0. The molecule has 354 valence electrons. The first-order chi connectivity index (χ1) is 37.7. The summed E-state index contributed by atoms with van der Waals surface area (Å²) in [5.74, 6) is 1.65. The van der Waals surface area contributed by atoms with Gasteiger partial charge in [-0.2, -0.15) is 9.97 Å². The molecule has 0 N–H and O–H groups in total. The van der Waals surface area contributed by atoms with Gasteiger partial charge in [0, 0.05) is 16.3 Å². The highest BCUT2D eigenvalue weighted by Crippen LogP contribution is 2.61. The Morgan fingerprint density at radius 2 is 0.776 bits per heavy atom. The van der Waals surface area contributed by atoms with Gasteiger partial charge < -0.3 is 0 Å². The number of hydrogen-bond acceptors (Lipinski definition) is 3. The van der Waals surface area contributed by atoms with Crippen molar-refractivity contribution in [3.05, 3.63) is 334 Å². The molecule has 13 aromatic rings. The smallest absolute Gasteiger partial charge is 0.238 e. The normalized spacial score (nSPS) is 14.9. The zero-order valence-corrected chi connectivity index (χ0v) is 41.3. The molecule has 1 atom stereocenters. The van der Waals surface area contributed by atoms with Gasteiger partial charge in [-0.1, -0.05) is 243 Å². The van der Waals surface area contributed by atoms with Crippen LogP contribution in [0.2, 0.25) is 0 Å². The van der Waals surface area contributed by atoms with Crippen molar-refractivity contribution in [1.82, 2.24) is 19.5 Å². The van der Waals surface area contributed by atoms with Gasteiger partial charge in [-0.15, -0.1) is 0 Å². The summed E-state index contributed by atoms with van der Waals surface area (Å²) in [5, 5.41) is 2.29. The van der Waals surface area contributed by atoms with Gasteiger partial charge in [0.05, 0.1) is 27.8 Å². The number of para-hydroxylation sites is 1. The van der Waals surface area contributed by atoms with Crippen LogP contribution in [0.5, 0.6) is 0 Å². The quantitative estimate of drug-likeness (QED) is 0.160. The lowest BCUT2D eigenvalue weighted by molar-refractivity contribution is 0.768. The molecule has 4 heteroatoms. The third-order valence-corrected chi connectivity index (χ3v) is 16.9. The molecule has 0 bridgehead atoms. The lowest BCUT2D eigenvalue weighted by Crippen LogP contribution is -2.28. The van der Waals surface area contributed by atoms with Crippen molar-refractivity contribution in [1.29, 1.82) is 0 Å². The highest BCUT2D eigenvalue weighted by Gasteiger charge is 2.49. The van der Waals surface area contributed by atoms with Gasteiger partial charge in [0.15, 0.2) is 5.82 Å². The number of nitrogens with zero attached hydrogens (tertiary/aromatic N) is 4. The van der Waals surface area contributed by atoms with E-state index in [-0.39, 0.29) is 5.92 Å². The number of fused-ring (bicyclic) bond motifs is 12. The van der Waals surface area contributed by atoms with Crippen LogP contribution in [0, 0.1) is 0 Å². The second kappa shape index (κ2) is 16.4. The van der Waals surface area contributed by atoms with Gasteiger partial charge in [-0.3, -0.25) is 4.57 Å². The average molecular weight is 967 g/mol. The molecule has 2 heterocycles. The van der Waals surface area contributed by atoms with Crippen molar-refractivity contribution < 1.29 is 0 Å². The summed E-state index contributed by atoms with van der Waals surface area (Å²) in [5.41, 5.74) is 21.7. The predicted octanol–water partition coefficient (Wildman–Crippen LogP) is 16.5. The molecule has 1 unspecified atom stereocenters. The Morgan fingerprint density at radius 1 is 0.303 bits per heavy atom. The number of hydrogen-bond donors (Lipinski definition) is 0. The van der Waals surface area contributed by atoms with Crippen molar-refractivity contribution in [2.75, 3.05) is 0 Å². The van der Waals surface area contributed by atoms with Crippen LogP contribution in [-0.4, -0.2) is 19.5 Å². The molecule has 3 aliphatic carbocycles. The van der Waals surface area contributed by atoms with Crippen molar-refractivity contribution in [2.45, 2.75) is 16.7 Å². The maximum absolute atomic E-state index is 5.75. The van der Waals surface area contributed by atoms with E-state index in [1.54, 1.807) is 0 Å². The van der Waals surface area contributed by atoms with Gasteiger partial charge in [0.1, 0.15) is 5.82 Å². The van der Waals surface area contributed by atoms with E-state index in [1.165, 1.54) is 89.0 Å². The van der Waals surface area contributed by atoms with E-state index in [0.717, 1.165) is 27.4 Å². The van der Waals surface area contributed by atoms with Crippen molar-refractivity contribution in [2.24, 2.45) is 0 Å². The summed E-state index contributed by atoms with van der Waals surface area (Å²) < 4.78 is 2.30. The third kappa shape index (κ3) is 5.81. The molecular formula is C72H46N4. The van der Waals surface area contributed by atoms with E-state index < -0.39 is 10.8 Å². The van der Waals surface area contributed by atoms with Gasteiger partial charge in [-0.25, -0.2) is 4.98 Å². The summed E-state index contributed by atoms with van der Waals surface area (Å²) in [7, 11) is 0. The number of rotatable bonds is 7. The van der Waals surface area contributed by atoms with Crippen LogP contribution in [0.4, 0.5) is 0 Å². The molecule has 0 fully saturated rings. The van der Waals surface area contributed by atoms with E-state index in [4.69, 9.17) is 15.0 Å². The van der Waals surface area contributed by atoms with E-state index in [2.05, 4.69) is 278 Å². The topological polar surface area (TPSA) is 43.6 Å². The minimum atomic E-state index is -0.543. The maximum atomic E-state index is 5.75. The SMILES string of the molecule is c1ccc(-c2nc(C3c4ccccc4-c4cc5c(cc43)-c3ccccc3C5(c3ccccc3)c3ccccc3)nc(-n3c4ccccc4c4cc5c(cc43)-c3ccccc3C5(c3ccccc3)c3ccccc3)n2)cc1. The molecule has 0 spiro atoms.